The van der Waals surface area contributed by atoms with Gasteiger partial charge in [-0.3, -0.25) is 0 Å². The lowest BCUT2D eigenvalue weighted by Crippen LogP contribution is -2.35. The van der Waals surface area contributed by atoms with Gasteiger partial charge >= 0.3 is 0 Å². The van der Waals surface area contributed by atoms with Gasteiger partial charge in [-0.2, -0.15) is 0 Å². The fourth-order valence-electron chi connectivity index (χ4n) is 2.49. The second-order valence-corrected chi connectivity index (χ2v) is 4.28. The number of ether oxygens (including phenoxy) is 2. The highest BCUT2D eigenvalue weighted by atomic mass is 16.5. The maximum atomic E-state index is 5.70. The van der Waals surface area contributed by atoms with E-state index in [2.05, 4.69) is 6.07 Å². The minimum absolute atomic E-state index is 0.337. The number of benzene rings is 1. The van der Waals surface area contributed by atoms with Crippen LogP contribution >= 0.6 is 0 Å². The summed E-state index contributed by atoms with van der Waals surface area (Å²) in [7, 11) is 1.71. The molecule has 14 heavy (non-hydrogen) atoms. The molecule has 1 aromatic carbocycles. The van der Waals surface area contributed by atoms with Crippen molar-refractivity contribution in [1.82, 2.24) is 0 Å². The van der Waals surface area contributed by atoms with Crippen molar-refractivity contribution in [3.05, 3.63) is 23.8 Å². The van der Waals surface area contributed by atoms with E-state index in [0.717, 1.165) is 18.1 Å². The summed E-state index contributed by atoms with van der Waals surface area (Å²) in [5, 5.41) is 0. The van der Waals surface area contributed by atoms with Crippen LogP contribution in [0.1, 0.15) is 24.8 Å². The average molecular weight is 190 g/mol. The van der Waals surface area contributed by atoms with Gasteiger partial charge in [0.15, 0.2) is 0 Å². The van der Waals surface area contributed by atoms with Crippen LogP contribution in [-0.2, 0) is 5.41 Å². The Morgan fingerprint density at radius 1 is 1.36 bits per heavy atom. The quantitative estimate of drug-likeness (QED) is 0.677. The van der Waals surface area contributed by atoms with E-state index in [1.54, 1.807) is 7.11 Å². The smallest absolute Gasteiger partial charge is 0.123 e. The molecule has 1 spiro atoms. The fraction of sp³-hybridized carbons (Fsp3) is 0.500. The van der Waals surface area contributed by atoms with Crippen molar-refractivity contribution >= 4 is 0 Å². The largest absolute Gasteiger partial charge is 0.497 e. The number of fused-ring (bicyclic) bond motifs is 2. The van der Waals surface area contributed by atoms with Gasteiger partial charge in [0.2, 0.25) is 0 Å². The molecule has 1 aliphatic heterocycles. The number of hydrogen-bond acceptors (Lipinski definition) is 2. The van der Waals surface area contributed by atoms with E-state index in [9.17, 15) is 0 Å². The van der Waals surface area contributed by atoms with E-state index in [-0.39, 0.29) is 0 Å². The Kier molecular flexibility index (Phi) is 1.55. The minimum Gasteiger partial charge on any atom is -0.497 e. The predicted octanol–water partition coefficient (Wildman–Crippen LogP) is 2.51. The van der Waals surface area contributed by atoms with Crippen LogP contribution in [0.5, 0.6) is 11.5 Å². The summed E-state index contributed by atoms with van der Waals surface area (Å²) >= 11 is 0. The lowest BCUT2D eigenvalue weighted by atomic mass is 9.66. The topological polar surface area (TPSA) is 18.5 Å². The van der Waals surface area contributed by atoms with Crippen LogP contribution in [0, 0.1) is 0 Å². The summed E-state index contributed by atoms with van der Waals surface area (Å²) in [6, 6.07) is 6.14. The molecule has 2 aliphatic rings. The molecule has 2 heteroatoms. The lowest BCUT2D eigenvalue weighted by Gasteiger charge is -2.36. The fourth-order valence-corrected chi connectivity index (χ4v) is 2.49. The van der Waals surface area contributed by atoms with Crippen LogP contribution in [0.3, 0.4) is 0 Å². The molecular formula is C12H14O2. The SMILES string of the molecule is COc1ccc2c(c1)C1(CCC1)CO2. The van der Waals surface area contributed by atoms with Crippen molar-refractivity contribution < 1.29 is 9.47 Å². The van der Waals surface area contributed by atoms with Crippen molar-refractivity contribution in [3.8, 4) is 11.5 Å². The van der Waals surface area contributed by atoms with Crippen molar-refractivity contribution in [1.29, 1.82) is 0 Å². The van der Waals surface area contributed by atoms with E-state index < -0.39 is 0 Å². The second-order valence-electron chi connectivity index (χ2n) is 4.28. The van der Waals surface area contributed by atoms with Gasteiger partial charge in [0, 0.05) is 11.0 Å². The van der Waals surface area contributed by atoms with E-state index >= 15 is 0 Å². The summed E-state index contributed by atoms with van der Waals surface area (Å²) in [5.41, 5.74) is 1.70. The molecule has 1 fully saturated rings. The Bertz CT molecular complexity index is 367. The molecule has 74 valence electrons. The van der Waals surface area contributed by atoms with Gasteiger partial charge < -0.3 is 9.47 Å². The van der Waals surface area contributed by atoms with Crippen LogP contribution in [0.15, 0.2) is 18.2 Å². The molecule has 2 nitrogen and oxygen atoms in total. The Balaban J connectivity index is 2.08. The van der Waals surface area contributed by atoms with Crippen LogP contribution in [-0.4, -0.2) is 13.7 Å². The maximum Gasteiger partial charge on any atom is 0.123 e. The van der Waals surface area contributed by atoms with Crippen molar-refractivity contribution in [2.45, 2.75) is 24.7 Å². The van der Waals surface area contributed by atoms with E-state index in [1.165, 1.54) is 24.8 Å². The molecule has 0 bridgehead atoms. The number of rotatable bonds is 1. The zero-order chi connectivity index (χ0) is 9.60. The Labute approximate surface area is 83.8 Å². The summed E-state index contributed by atoms with van der Waals surface area (Å²) in [4.78, 5) is 0. The van der Waals surface area contributed by atoms with Gasteiger partial charge in [0.1, 0.15) is 11.5 Å². The van der Waals surface area contributed by atoms with Crippen LogP contribution in [0.25, 0.3) is 0 Å². The standard InChI is InChI=1S/C12H14O2/c1-13-9-3-4-11-10(7-9)12(8-14-11)5-2-6-12/h3-4,7H,2,5-6,8H2,1H3. The molecule has 0 N–H and O–H groups in total. The second kappa shape index (κ2) is 2.66. The summed E-state index contributed by atoms with van der Waals surface area (Å²) in [6.07, 6.45) is 3.88. The zero-order valence-electron chi connectivity index (χ0n) is 8.38. The highest BCUT2D eigenvalue weighted by Crippen LogP contribution is 2.52. The van der Waals surface area contributed by atoms with E-state index in [1.807, 2.05) is 12.1 Å². The highest BCUT2D eigenvalue weighted by molar-refractivity contribution is 5.49. The van der Waals surface area contributed by atoms with Crippen molar-refractivity contribution in [3.63, 3.8) is 0 Å². The van der Waals surface area contributed by atoms with Gasteiger partial charge in [0.05, 0.1) is 13.7 Å². The third kappa shape index (κ3) is 0.912. The first-order valence-corrected chi connectivity index (χ1v) is 5.15. The highest BCUT2D eigenvalue weighted by Gasteiger charge is 2.45. The molecule has 0 aromatic heterocycles. The molecule has 0 amide bonds. The normalized spacial score (nSPS) is 21.2. The molecule has 0 radical (unpaired) electrons. The van der Waals surface area contributed by atoms with Gasteiger partial charge in [-0.25, -0.2) is 0 Å². The summed E-state index contributed by atoms with van der Waals surface area (Å²) < 4.78 is 10.9. The first kappa shape index (κ1) is 8.16. The Morgan fingerprint density at radius 2 is 2.21 bits per heavy atom. The lowest BCUT2D eigenvalue weighted by molar-refractivity contribution is 0.177. The third-order valence-corrected chi connectivity index (χ3v) is 3.57. The molecule has 1 aromatic rings. The monoisotopic (exact) mass is 190 g/mol. The van der Waals surface area contributed by atoms with Gasteiger partial charge in [0.25, 0.3) is 0 Å². The Morgan fingerprint density at radius 3 is 2.86 bits per heavy atom. The Hall–Kier alpha value is -1.18. The molecule has 0 saturated heterocycles. The molecule has 0 unspecified atom stereocenters. The molecule has 0 atom stereocenters. The molecule has 3 rings (SSSR count). The molecule has 1 saturated carbocycles. The zero-order valence-corrected chi connectivity index (χ0v) is 8.38. The van der Waals surface area contributed by atoms with Gasteiger partial charge in [-0.15, -0.1) is 0 Å². The first-order valence-electron chi connectivity index (χ1n) is 5.15. The van der Waals surface area contributed by atoms with Gasteiger partial charge in [-0.05, 0) is 31.0 Å². The van der Waals surface area contributed by atoms with E-state index in [4.69, 9.17) is 9.47 Å². The van der Waals surface area contributed by atoms with Crippen molar-refractivity contribution in [2.75, 3.05) is 13.7 Å². The van der Waals surface area contributed by atoms with E-state index in [0.29, 0.717) is 5.41 Å². The van der Waals surface area contributed by atoms with Crippen LogP contribution in [0.2, 0.25) is 0 Å². The summed E-state index contributed by atoms with van der Waals surface area (Å²) in [5.74, 6) is 2.01. The molecular weight excluding hydrogens is 176 g/mol. The predicted molar refractivity (Wildman–Crippen MR) is 54.0 cm³/mol. The minimum atomic E-state index is 0.337. The summed E-state index contributed by atoms with van der Waals surface area (Å²) in [6.45, 7) is 0.871. The third-order valence-electron chi connectivity index (χ3n) is 3.57. The van der Waals surface area contributed by atoms with Gasteiger partial charge in [-0.1, -0.05) is 6.42 Å². The molecule has 1 aliphatic carbocycles. The van der Waals surface area contributed by atoms with Crippen molar-refractivity contribution in [2.24, 2.45) is 0 Å². The first-order chi connectivity index (χ1) is 6.84. The molecule has 1 heterocycles. The van der Waals surface area contributed by atoms with Crippen LogP contribution < -0.4 is 9.47 Å². The average Bonchev–Trinajstić information content (AvgIpc) is 2.55. The van der Waals surface area contributed by atoms with Crippen LogP contribution in [0.4, 0.5) is 0 Å². The number of hydrogen-bond donors (Lipinski definition) is 0. The number of methoxy groups -OCH3 is 1. The maximum absolute atomic E-state index is 5.70.